The Balaban J connectivity index is 4.10. The van der Waals surface area contributed by atoms with E-state index >= 15 is 0 Å². The van der Waals surface area contributed by atoms with Crippen molar-refractivity contribution in [1.82, 2.24) is 0 Å². The molecule has 0 aliphatic carbocycles. The molecule has 0 spiro atoms. The number of carbonyl (C=O) groups is 3. The Morgan fingerprint density at radius 2 is 0.761 bits per heavy atom. The highest BCUT2D eigenvalue weighted by molar-refractivity contribution is 5.71. The maximum Gasteiger partial charge on any atom is 0.361 e. The molecule has 0 rings (SSSR count). The Morgan fingerprint density at radius 3 is 1.13 bits per heavy atom. The van der Waals surface area contributed by atoms with Crippen molar-refractivity contribution in [3.63, 3.8) is 0 Å². The lowest BCUT2D eigenvalue weighted by Gasteiger charge is -2.25. The van der Waals surface area contributed by atoms with Gasteiger partial charge in [0, 0.05) is 12.8 Å². The summed E-state index contributed by atoms with van der Waals surface area (Å²) in [5.41, 5.74) is 0. The number of hydrogen-bond acceptors (Lipinski definition) is 7. The maximum atomic E-state index is 12.9. The number of esters is 2. The van der Waals surface area contributed by atoms with Gasteiger partial charge in [-0.15, -0.1) is 0 Å². The van der Waals surface area contributed by atoms with Crippen molar-refractivity contribution in [3.8, 4) is 0 Å². The molecule has 0 saturated carbocycles. The molecule has 9 heteroatoms. The van der Waals surface area contributed by atoms with E-state index in [-0.39, 0.29) is 32.2 Å². The van der Waals surface area contributed by atoms with Gasteiger partial charge in [0.2, 0.25) is 0 Å². The normalized spacial score (nSPS) is 13.0. The van der Waals surface area contributed by atoms with Crippen LogP contribution in [0.3, 0.4) is 0 Å². The Hall–Kier alpha value is -2.49. The number of carboxylic acids is 1. The molecule has 0 bridgehead atoms. The van der Waals surface area contributed by atoms with E-state index in [0.717, 1.165) is 57.8 Å². The number of nitrogens with zero attached hydrogens (tertiary/aromatic N) is 1. The third-order valence-electron chi connectivity index (χ3n) is 13.4. The smallest absolute Gasteiger partial charge is 0.361 e. The average molecular weight is 1000 g/mol. The van der Waals surface area contributed by atoms with Gasteiger partial charge in [-0.2, -0.15) is 0 Å². The monoisotopic (exact) mass is 1000 g/mol. The highest BCUT2D eigenvalue weighted by Crippen LogP contribution is 2.17. The van der Waals surface area contributed by atoms with Gasteiger partial charge in [-0.25, -0.2) is 4.79 Å². The van der Waals surface area contributed by atoms with Crippen molar-refractivity contribution in [1.29, 1.82) is 0 Å². The summed E-state index contributed by atoms with van der Waals surface area (Å²) >= 11 is 0. The quantitative estimate of drug-likeness (QED) is 0.0211. The Bertz CT molecular complexity index is 1260. The molecule has 0 fully saturated rings. The van der Waals surface area contributed by atoms with E-state index in [1.165, 1.54) is 199 Å². The van der Waals surface area contributed by atoms with Gasteiger partial charge in [0.15, 0.2) is 6.10 Å². The minimum absolute atomic E-state index is 0.183. The highest BCUT2D eigenvalue weighted by Gasteiger charge is 2.25. The second-order valence-electron chi connectivity index (χ2n) is 21.7. The first kappa shape index (κ1) is 68.5. The maximum absolute atomic E-state index is 12.9. The molecule has 0 heterocycles. The van der Waals surface area contributed by atoms with Crippen LogP contribution in [0.15, 0.2) is 36.5 Å². The number of carboxylic acid groups (broad SMARTS) is 1. The lowest BCUT2D eigenvalue weighted by molar-refractivity contribution is -0.870. The van der Waals surface area contributed by atoms with E-state index in [0.29, 0.717) is 17.4 Å². The third-order valence-corrected chi connectivity index (χ3v) is 13.4. The molecule has 0 aliphatic rings. The van der Waals surface area contributed by atoms with E-state index in [1.807, 2.05) is 21.1 Å². The standard InChI is InChI=1S/C62H115NO8/c1-6-8-10-12-14-16-18-20-22-23-24-25-26-27-28-29-30-31-32-33-34-35-36-37-39-41-43-45-47-49-51-53-60(65)71-58(57-70-62(61(66)67)68-55-54-63(3,4)5)56-69-59(64)52-50-48-46-44-42-40-38-21-19-17-15-13-11-9-7-2/h18,20-21,23-24,38,58,62H,6-17,19,22,25-37,39-57H2,1-5H3/p+1/b20-18-,24-23-,38-21-. The second-order valence-corrected chi connectivity index (χ2v) is 21.7. The van der Waals surface area contributed by atoms with Crippen LogP contribution < -0.4 is 0 Å². The molecule has 9 nitrogen and oxygen atoms in total. The van der Waals surface area contributed by atoms with Crippen molar-refractivity contribution in [3.05, 3.63) is 36.5 Å². The van der Waals surface area contributed by atoms with Crippen LogP contribution in [0.5, 0.6) is 0 Å². The van der Waals surface area contributed by atoms with Crippen LogP contribution in [0.1, 0.15) is 284 Å². The zero-order chi connectivity index (χ0) is 52.0. The van der Waals surface area contributed by atoms with Crippen LogP contribution in [0.25, 0.3) is 0 Å². The molecule has 1 N–H and O–H groups in total. The second kappa shape index (κ2) is 53.8. The van der Waals surface area contributed by atoms with Crippen LogP contribution >= 0.6 is 0 Å². The van der Waals surface area contributed by atoms with Crippen molar-refractivity contribution in [2.45, 2.75) is 296 Å². The number of ether oxygens (including phenoxy) is 4. The number of likely N-dealkylation sites (N-methyl/N-ethyl adjacent to an activating group) is 1. The molecular formula is C62H116NO8+. The average Bonchev–Trinajstić information content (AvgIpc) is 3.34. The number of allylic oxidation sites excluding steroid dienone is 6. The molecular weight excluding hydrogens is 887 g/mol. The SMILES string of the molecule is CCCCCCC/C=C\C/C=C\CCCCCCCCCCCCCCCCCCCCCC(=O)OC(COC(=O)CCCCCCC/C=C\CCCCCCCC)COC(OCC[N+](C)(C)C)C(=O)O. The highest BCUT2D eigenvalue weighted by atomic mass is 16.7. The summed E-state index contributed by atoms with van der Waals surface area (Å²) in [6.45, 7) is 4.89. The van der Waals surface area contributed by atoms with Crippen LogP contribution in [-0.4, -0.2) is 87.4 Å². The van der Waals surface area contributed by atoms with Gasteiger partial charge < -0.3 is 28.5 Å². The summed E-state index contributed by atoms with van der Waals surface area (Å²) in [6.07, 6.45) is 62.4. The summed E-state index contributed by atoms with van der Waals surface area (Å²) < 4.78 is 22.9. The molecule has 2 unspecified atom stereocenters. The van der Waals surface area contributed by atoms with Crippen molar-refractivity contribution in [2.75, 3.05) is 47.5 Å². The number of unbranched alkanes of at least 4 members (excludes halogenated alkanes) is 35. The minimum atomic E-state index is -1.51. The molecule has 0 radical (unpaired) electrons. The third kappa shape index (κ3) is 55.1. The molecule has 0 saturated heterocycles. The fraction of sp³-hybridized carbons (Fsp3) is 0.855. The summed E-state index contributed by atoms with van der Waals surface area (Å²) in [7, 11) is 5.97. The number of quaternary nitrogens is 1. The van der Waals surface area contributed by atoms with Gasteiger partial charge >= 0.3 is 17.9 Å². The molecule has 0 aromatic heterocycles. The van der Waals surface area contributed by atoms with Crippen LogP contribution in [0, 0.1) is 0 Å². The van der Waals surface area contributed by atoms with E-state index in [9.17, 15) is 19.5 Å². The van der Waals surface area contributed by atoms with E-state index in [1.54, 1.807) is 0 Å². The Labute approximate surface area is 439 Å². The number of carbonyl (C=O) groups excluding carboxylic acids is 2. The summed E-state index contributed by atoms with van der Waals surface area (Å²) in [5, 5.41) is 9.70. The van der Waals surface area contributed by atoms with Gasteiger partial charge in [0.1, 0.15) is 13.2 Å². The van der Waals surface area contributed by atoms with E-state index in [2.05, 4.69) is 50.3 Å². The van der Waals surface area contributed by atoms with E-state index in [4.69, 9.17) is 18.9 Å². The first-order valence-corrected chi connectivity index (χ1v) is 30.2. The number of rotatable bonds is 56. The van der Waals surface area contributed by atoms with E-state index < -0.39 is 24.3 Å². The van der Waals surface area contributed by atoms with Crippen LogP contribution in [0.4, 0.5) is 0 Å². The summed E-state index contributed by atoms with van der Waals surface area (Å²) in [5.74, 6) is -2.00. The first-order valence-electron chi connectivity index (χ1n) is 30.2. The molecule has 0 aromatic rings. The van der Waals surface area contributed by atoms with Gasteiger partial charge in [0.05, 0.1) is 34.4 Å². The molecule has 0 amide bonds. The summed E-state index contributed by atoms with van der Waals surface area (Å²) in [4.78, 5) is 37.4. The first-order chi connectivity index (χ1) is 34.6. The molecule has 2 atom stereocenters. The molecule has 0 aliphatic heterocycles. The zero-order valence-corrected chi connectivity index (χ0v) is 47.4. The van der Waals surface area contributed by atoms with Crippen LogP contribution in [-0.2, 0) is 33.3 Å². The largest absolute Gasteiger partial charge is 0.477 e. The molecule has 416 valence electrons. The lowest BCUT2D eigenvalue weighted by Crippen LogP contribution is -2.40. The van der Waals surface area contributed by atoms with Gasteiger partial charge in [-0.1, -0.05) is 237 Å². The number of aliphatic carboxylic acids is 1. The van der Waals surface area contributed by atoms with Crippen molar-refractivity contribution in [2.24, 2.45) is 0 Å². The summed E-state index contributed by atoms with van der Waals surface area (Å²) in [6, 6.07) is 0. The van der Waals surface area contributed by atoms with Crippen molar-refractivity contribution < 1.29 is 42.9 Å². The predicted octanol–water partition coefficient (Wildman–Crippen LogP) is 17.7. The van der Waals surface area contributed by atoms with Crippen LogP contribution in [0.2, 0.25) is 0 Å². The van der Waals surface area contributed by atoms with Gasteiger partial charge in [-0.05, 0) is 70.6 Å². The molecule has 71 heavy (non-hydrogen) atoms. The topological polar surface area (TPSA) is 108 Å². The Morgan fingerprint density at radius 1 is 0.423 bits per heavy atom. The molecule has 0 aromatic carbocycles. The fourth-order valence-electron chi connectivity index (χ4n) is 8.69. The van der Waals surface area contributed by atoms with Gasteiger partial charge in [0.25, 0.3) is 6.29 Å². The lowest BCUT2D eigenvalue weighted by atomic mass is 10.0. The predicted molar refractivity (Wildman–Crippen MR) is 300 cm³/mol. The zero-order valence-electron chi connectivity index (χ0n) is 47.4. The minimum Gasteiger partial charge on any atom is -0.477 e. The Kier molecular flexibility index (Phi) is 51.9. The fourth-order valence-corrected chi connectivity index (χ4v) is 8.69. The number of hydrogen-bond donors (Lipinski definition) is 1. The van der Waals surface area contributed by atoms with Gasteiger partial charge in [-0.3, -0.25) is 9.59 Å². The van der Waals surface area contributed by atoms with Crippen molar-refractivity contribution >= 4 is 17.9 Å².